The Morgan fingerprint density at radius 2 is 0.917 bits per heavy atom. The first kappa shape index (κ1) is 23.2. The van der Waals surface area contributed by atoms with Crippen LogP contribution >= 0.6 is 0 Å². The van der Waals surface area contributed by atoms with E-state index in [-0.39, 0.29) is 36.8 Å². The van der Waals surface area contributed by atoms with Gasteiger partial charge >= 0.3 is 19.4 Å². The Balaban J connectivity index is -0.0000000457. The van der Waals surface area contributed by atoms with Crippen molar-refractivity contribution in [1.82, 2.24) is 0 Å². The van der Waals surface area contributed by atoms with E-state index in [4.69, 9.17) is 36.7 Å². The van der Waals surface area contributed by atoms with Crippen LogP contribution in [-0.2, 0) is 29.9 Å². The van der Waals surface area contributed by atoms with E-state index in [1.165, 1.54) is 0 Å². The summed E-state index contributed by atoms with van der Waals surface area (Å²) in [5.74, 6) is 0. The van der Waals surface area contributed by atoms with Gasteiger partial charge in [0.25, 0.3) is 0 Å². The van der Waals surface area contributed by atoms with Crippen LogP contribution in [0.5, 0.6) is 0 Å². The molecule has 0 heterocycles. The third-order valence-electron chi connectivity index (χ3n) is 0. The first-order chi connectivity index (χ1) is 4.00. The maximum Gasteiger partial charge on any atom is 0.668 e. The molecule has 0 bridgehead atoms. The van der Waals surface area contributed by atoms with Crippen LogP contribution in [0, 0.1) is 0 Å². The van der Waals surface area contributed by atoms with Gasteiger partial charge in [0.05, 0.1) is 0 Å². The fourth-order valence-electron chi connectivity index (χ4n) is 0. The maximum atomic E-state index is 8.74. The van der Waals surface area contributed by atoms with Gasteiger partial charge < -0.3 is 19.2 Å². The molecule has 0 aliphatic carbocycles. The van der Waals surface area contributed by atoms with Crippen molar-refractivity contribution in [3.05, 3.63) is 0 Å². The van der Waals surface area contributed by atoms with Gasteiger partial charge in [0, 0.05) is 19.5 Å². The zero-order valence-corrected chi connectivity index (χ0v) is 9.90. The molecule has 8 nitrogen and oxygen atoms in total. The van der Waals surface area contributed by atoms with Gasteiger partial charge in [-0.15, -0.1) is 0 Å². The molecule has 0 spiro atoms. The summed E-state index contributed by atoms with van der Waals surface area (Å²) in [6, 6.07) is 0. The zero-order valence-electron chi connectivity index (χ0n) is 5.12. The van der Waals surface area contributed by atoms with Gasteiger partial charge in [-0.2, -0.15) is 8.42 Å². The van der Waals surface area contributed by atoms with E-state index >= 15 is 0 Å². The predicted octanol–water partition coefficient (Wildman–Crippen LogP) is -4.45. The normalized spacial score (nSPS) is 9.83. The van der Waals surface area contributed by atoms with Crippen LogP contribution in [0.3, 0.4) is 0 Å². The second-order valence-electron chi connectivity index (χ2n) is 1.05. The molecule has 0 saturated carbocycles. The molecule has 0 aromatic carbocycles. The molecule has 0 fully saturated rings. The molecule has 0 aromatic rings. The standard InChI is InChI=1S/Al.H2O4S.H4O4Si.Zn.3H/c;2*1-5(2,3)4;;;;/h;(H2,1,2,3,4);1-4H;;;;. The first-order valence-electron chi connectivity index (χ1n) is 1.59. The van der Waals surface area contributed by atoms with E-state index in [0.717, 1.165) is 0 Å². The van der Waals surface area contributed by atoms with Crippen LogP contribution in [0.15, 0.2) is 0 Å². The Morgan fingerprint density at radius 3 is 0.917 bits per heavy atom. The molecule has 12 heavy (non-hydrogen) atoms. The van der Waals surface area contributed by atoms with E-state index in [1.807, 2.05) is 0 Å². The van der Waals surface area contributed by atoms with Crippen LogP contribution in [0.2, 0.25) is 0 Å². The average molecular weight is 290 g/mol. The molecule has 0 aromatic heterocycles. The molecule has 0 rings (SSSR count). The van der Waals surface area contributed by atoms with Gasteiger partial charge in [0.2, 0.25) is 0 Å². The van der Waals surface area contributed by atoms with Gasteiger partial charge in [-0.3, -0.25) is 9.11 Å². The molecule has 0 radical (unpaired) electrons. The summed E-state index contributed by atoms with van der Waals surface area (Å²) in [5, 5.41) is 0. The van der Waals surface area contributed by atoms with Crippen molar-refractivity contribution in [2.75, 3.05) is 0 Å². The summed E-state index contributed by atoms with van der Waals surface area (Å²) < 4.78 is 31.6. The van der Waals surface area contributed by atoms with E-state index in [9.17, 15) is 0 Å². The number of rotatable bonds is 0. The third kappa shape index (κ3) is 961. The predicted molar refractivity (Wildman–Crippen MR) is 38.7 cm³/mol. The quantitative estimate of drug-likeness (QED) is 0.193. The van der Waals surface area contributed by atoms with E-state index in [1.54, 1.807) is 0 Å². The second-order valence-corrected chi connectivity index (χ2v) is 3.14. The van der Waals surface area contributed by atoms with E-state index in [2.05, 4.69) is 0 Å². The van der Waals surface area contributed by atoms with Crippen LogP contribution in [-0.4, -0.2) is 63.1 Å². The summed E-state index contributed by atoms with van der Waals surface area (Å²) in [5.41, 5.74) is 0. The molecule has 0 saturated heterocycles. The van der Waals surface area contributed by atoms with Gasteiger partial charge in [0.15, 0.2) is 17.4 Å². The molecule has 72 valence electrons. The Morgan fingerprint density at radius 1 is 0.917 bits per heavy atom. The van der Waals surface area contributed by atoms with Crippen molar-refractivity contribution in [3.63, 3.8) is 0 Å². The Bertz CT molecular complexity index is 154. The second kappa shape index (κ2) is 8.67. The van der Waals surface area contributed by atoms with Crippen molar-refractivity contribution in [1.29, 1.82) is 0 Å². The van der Waals surface area contributed by atoms with Gasteiger partial charge in [-0.1, -0.05) is 0 Å². The molecule has 0 amide bonds. The van der Waals surface area contributed by atoms with Crippen molar-refractivity contribution in [2.45, 2.75) is 0 Å². The number of hydrogen-bond donors (Lipinski definition) is 6. The molecule has 0 aliphatic heterocycles. The summed E-state index contributed by atoms with van der Waals surface area (Å²) >= 11 is 0. The Labute approximate surface area is 92.8 Å². The molecule has 6 N–H and O–H groups in total. The minimum Gasteiger partial charge on any atom is -0.368 e. The largest absolute Gasteiger partial charge is 0.668 e. The number of hydrogen-bond acceptors (Lipinski definition) is 6. The zero-order chi connectivity index (χ0) is 9.00. The van der Waals surface area contributed by atoms with Crippen molar-refractivity contribution in [2.24, 2.45) is 0 Å². The van der Waals surface area contributed by atoms with Crippen molar-refractivity contribution in [3.8, 4) is 0 Å². The fraction of sp³-hybridized carbons (Fsp3) is 0. The Hall–Kier alpha value is 1.08. The summed E-state index contributed by atoms with van der Waals surface area (Å²) in [4.78, 5) is 29.3. The van der Waals surface area contributed by atoms with Crippen LogP contribution in [0.1, 0.15) is 0 Å². The van der Waals surface area contributed by atoms with Gasteiger partial charge in [-0.05, 0) is 0 Å². The maximum absolute atomic E-state index is 8.74. The van der Waals surface area contributed by atoms with Gasteiger partial charge in [0.1, 0.15) is 0 Å². The van der Waals surface area contributed by atoms with E-state index < -0.39 is 19.4 Å². The van der Waals surface area contributed by atoms with Crippen molar-refractivity contribution >= 4 is 36.8 Å². The SMILES string of the molecule is O=S(=O)(O)O.O[Si](O)(O)O.[AlH3].[Zn]. The molecule has 0 atom stereocenters. The average Bonchev–Trinajstić information content (AvgIpc) is 1.12. The fourth-order valence-corrected chi connectivity index (χ4v) is 0. The van der Waals surface area contributed by atoms with Crippen LogP contribution in [0.4, 0.5) is 0 Å². The monoisotopic (exact) mass is 288 g/mol. The summed E-state index contributed by atoms with van der Waals surface area (Å²) in [6.45, 7) is 0. The van der Waals surface area contributed by atoms with E-state index in [0.29, 0.717) is 0 Å². The Kier molecular flexibility index (Phi) is 16.7. The first-order valence-corrected chi connectivity index (χ1v) is 4.78. The smallest absolute Gasteiger partial charge is 0.368 e. The molecular formula is H9AlO8SSiZn. The van der Waals surface area contributed by atoms with Gasteiger partial charge in [-0.25, -0.2) is 0 Å². The van der Waals surface area contributed by atoms with Crippen LogP contribution in [0.25, 0.3) is 0 Å². The van der Waals surface area contributed by atoms with Crippen molar-refractivity contribution < 1.29 is 56.2 Å². The molecule has 0 aliphatic rings. The summed E-state index contributed by atoms with van der Waals surface area (Å²) in [7, 11) is -9.28. The third-order valence-corrected chi connectivity index (χ3v) is 0. The minimum atomic E-state index is -4.67. The minimum absolute atomic E-state index is 0. The van der Waals surface area contributed by atoms with Crippen LogP contribution < -0.4 is 0 Å². The molecule has 0 unspecified atom stereocenters. The molecular weight excluding hydrogens is 281 g/mol. The molecule has 12 heteroatoms. The summed E-state index contributed by atoms with van der Waals surface area (Å²) in [6.07, 6.45) is 0. The topological polar surface area (TPSA) is 156 Å².